The molecule has 1 aliphatic heterocycles. The van der Waals surface area contributed by atoms with E-state index in [2.05, 4.69) is 10.0 Å². The molecule has 1 unspecified atom stereocenters. The number of benzene rings is 1. The van der Waals surface area contributed by atoms with Crippen molar-refractivity contribution in [1.29, 1.82) is 0 Å². The highest BCUT2D eigenvalue weighted by Crippen LogP contribution is 2.16. The lowest BCUT2D eigenvalue weighted by Crippen LogP contribution is -2.52. The van der Waals surface area contributed by atoms with Crippen LogP contribution >= 0.6 is 11.3 Å². The fraction of sp³-hybridized carbons (Fsp3) is 0.353. The van der Waals surface area contributed by atoms with E-state index in [1.807, 2.05) is 24.4 Å². The van der Waals surface area contributed by atoms with E-state index >= 15 is 0 Å². The van der Waals surface area contributed by atoms with E-state index in [0.717, 1.165) is 18.0 Å². The molecule has 134 valence electrons. The van der Waals surface area contributed by atoms with E-state index < -0.39 is 10.0 Å². The van der Waals surface area contributed by atoms with Crippen LogP contribution in [-0.2, 0) is 16.6 Å². The van der Waals surface area contributed by atoms with Crippen LogP contribution in [0, 0.1) is 0 Å². The summed E-state index contributed by atoms with van der Waals surface area (Å²) >= 11 is 1.49. The van der Waals surface area contributed by atoms with Gasteiger partial charge in [0.2, 0.25) is 10.0 Å². The highest BCUT2D eigenvalue weighted by molar-refractivity contribution is 7.89. The Bertz CT molecular complexity index is 835. The fourth-order valence-corrected chi connectivity index (χ4v) is 4.56. The summed E-state index contributed by atoms with van der Waals surface area (Å²) in [7, 11) is -3.66. The van der Waals surface area contributed by atoms with Crippen LogP contribution in [0.1, 0.15) is 22.2 Å². The van der Waals surface area contributed by atoms with E-state index in [1.165, 1.54) is 23.5 Å². The molecule has 2 aromatic rings. The number of thiophene rings is 1. The molecule has 6 nitrogen and oxygen atoms in total. The number of amides is 1. The van der Waals surface area contributed by atoms with E-state index in [9.17, 15) is 13.2 Å². The third kappa shape index (κ3) is 4.27. The van der Waals surface area contributed by atoms with Crippen molar-refractivity contribution in [3.8, 4) is 0 Å². The highest BCUT2D eigenvalue weighted by Gasteiger charge is 2.25. The SMILES string of the molecule is CC1CNCCN1C(=O)c1cccc(S(=O)(=O)NCc2cccs2)c1. The summed E-state index contributed by atoms with van der Waals surface area (Å²) < 4.78 is 27.6. The van der Waals surface area contributed by atoms with Crippen molar-refractivity contribution in [3.63, 3.8) is 0 Å². The number of carbonyl (C=O) groups excluding carboxylic acids is 1. The van der Waals surface area contributed by atoms with Crippen LogP contribution in [0.4, 0.5) is 0 Å². The first-order valence-electron chi connectivity index (χ1n) is 8.11. The molecular formula is C17H21N3O3S2. The number of nitrogens with zero attached hydrogens (tertiary/aromatic N) is 1. The Hall–Kier alpha value is -1.74. The minimum absolute atomic E-state index is 0.0819. The molecule has 0 saturated carbocycles. The standard InChI is InChI=1S/C17H21N3O3S2/c1-13-11-18-7-8-20(13)17(21)14-4-2-6-16(10-14)25(22,23)19-12-15-5-3-9-24-15/h2-6,9-10,13,18-19H,7-8,11-12H2,1H3. The molecule has 0 bridgehead atoms. The third-order valence-electron chi connectivity index (χ3n) is 4.17. The van der Waals surface area contributed by atoms with Gasteiger partial charge in [-0.05, 0) is 36.6 Å². The van der Waals surface area contributed by atoms with Gasteiger partial charge in [0.1, 0.15) is 0 Å². The van der Waals surface area contributed by atoms with Crippen molar-refractivity contribution in [2.75, 3.05) is 19.6 Å². The Morgan fingerprint density at radius 2 is 2.20 bits per heavy atom. The number of sulfonamides is 1. The Kier molecular flexibility index (Phi) is 5.53. The molecule has 25 heavy (non-hydrogen) atoms. The minimum Gasteiger partial charge on any atom is -0.333 e. The molecular weight excluding hydrogens is 358 g/mol. The molecule has 1 aromatic carbocycles. The first kappa shape index (κ1) is 18.1. The van der Waals surface area contributed by atoms with Crippen molar-refractivity contribution in [2.45, 2.75) is 24.4 Å². The van der Waals surface area contributed by atoms with Gasteiger partial charge in [0.15, 0.2) is 0 Å². The Balaban J connectivity index is 1.77. The number of hydrogen-bond donors (Lipinski definition) is 2. The highest BCUT2D eigenvalue weighted by atomic mass is 32.2. The normalized spacial score (nSPS) is 18.3. The van der Waals surface area contributed by atoms with Crippen molar-refractivity contribution < 1.29 is 13.2 Å². The Morgan fingerprint density at radius 3 is 2.92 bits per heavy atom. The molecule has 1 saturated heterocycles. The fourth-order valence-electron chi connectivity index (χ4n) is 2.77. The molecule has 1 amide bonds. The van der Waals surface area contributed by atoms with Crippen LogP contribution in [0.25, 0.3) is 0 Å². The summed E-state index contributed by atoms with van der Waals surface area (Å²) in [5.41, 5.74) is 0.396. The molecule has 0 radical (unpaired) electrons. The van der Waals surface area contributed by atoms with Crippen molar-refractivity contribution in [2.24, 2.45) is 0 Å². The van der Waals surface area contributed by atoms with Crippen LogP contribution in [0.3, 0.4) is 0 Å². The van der Waals surface area contributed by atoms with Gasteiger partial charge in [-0.25, -0.2) is 13.1 Å². The molecule has 0 aliphatic carbocycles. The molecule has 1 aliphatic rings. The van der Waals surface area contributed by atoms with Gasteiger partial charge in [-0.15, -0.1) is 11.3 Å². The van der Waals surface area contributed by atoms with Crippen molar-refractivity contribution in [3.05, 3.63) is 52.2 Å². The predicted molar refractivity (Wildman–Crippen MR) is 98.2 cm³/mol. The van der Waals surface area contributed by atoms with Gasteiger partial charge in [-0.1, -0.05) is 12.1 Å². The number of piperazine rings is 1. The second kappa shape index (κ2) is 7.65. The molecule has 2 N–H and O–H groups in total. The van der Waals surface area contributed by atoms with Gasteiger partial charge >= 0.3 is 0 Å². The first-order chi connectivity index (χ1) is 12.0. The van der Waals surface area contributed by atoms with Gasteiger partial charge in [-0.3, -0.25) is 4.79 Å². The van der Waals surface area contributed by atoms with Crippen LogP contribution in [0.15, 0.2) is 46.7 Å². The lowest BCUT2D eigenvalue weighted by Gasteiger charge is -2.34. The molecule has 1 fully saturated rings. The minimum atomic E-state index is -3.66. The average Bonchev–Trinajstić information content (AvgIpc) is 3.14. The predicted octanol–water partition coefficient (Wildman–Crippen LogP) is 1.66. The quantitative estimate of drug-likeness (QED) is 0.828. The van der Waals surface area contributed by atoms with Crippen molar-refractivity contribution in [1.82, 2.24) is 14.9 Å². The largest absolute Gasteiger partial charge is 0.333 e. The summed E-state index contributed by atoms with van der Waals surface area (Å²) in [6.45, 7) is 4.33. The van der Waals surface area contributed by atoms with Gasteiger partial charge in [0, 0.05) is 42.7 Å². The Morgan fingerprint density at radius 1 is 1.36 bits per heavy atom. The molecule has 1 aromatic heterocycles. The Labute approximate surface area is 151 Å². The summed E-state index contributed by atoms with van der Waals surface area (Å²) in [4.78, 5) is 15.5. The van der Waals surface area contributed by atoms with E-state index in [-0.39, 0.29) is 23.4 Å². The lowest BCUT2D eigenvalue weighted by atomic mass is 10.1. The van der Waals surface area contributed by atoms with Crippen LogP contribution in [-0.4, -0.2) is 44.9 Å². The van der Waals surface area contributed by atoms with Gasteiger partial charge in [0.25, 0.3) is 5.91 Å². The third-order valence-corrected chi connectivity index (χ3v) is 6.45. The first-order valence-corrected chi connectivity index (χ1v) is 10.5. The zero-order valence-electron chi connectivity index (χ0n) is 13.9. The van der Waals surface area contributed by atoms with Crippen LogP contribution < -0.4 is 10.0 Å². The monoisotopic (exact) mass is 379 g/mol. The smallest absolute Gasteiger partial charge is 0.254 e. The maximum Gasteiger partial charge on any atom is 0.254 e. The zero-order chi connectivity index (χ0) is 17.9. The number of carbonyl (C=O) groups is 1. The molecule has 8 heteroatoms. The van der Waals surface area contributed by atoms with Crippen LogP contribution in [0.2, 0.25) is 0 Å². The second-order valence-corrected chi connectivity index (χ2v) is 8.78. The topological polar surface area (TPSA) is 78.5 Å². The van der Waals surface area contributed by atoms with Gasteiger partial charge < -0.3 is 10.2 Å². The zero-order valence-corrected chi connectivity index (χ0v) is 15.6. The number of rotatable bonds is 5. The lowest BCUT2D eigenvalue weighted by molar-refractivity contribution is 0.0655. The maximum absolute atomic E-state index is 12.7. The summed E-state index contributed by atoms with van der Waals surface area (Å²) in [6.07, 6.45) is 0. The van der Waals surface area contributed by atoms with E-state index in [1.54, 1.807) is 17.0 Å². The van der Waals surface area contributed by atoms with E-state index in [0.29, 0.717) is 12.1 Å². The summed E-state index contributed by atoms with van der Waals surface area (Å²) in [6, 6.07) is 10.1. The number of nitrogens with one attached hydrogen (secondary N) is 2. The summed E-state index contributed by atoms with van der Waals surface area (Å²) in [5.74, 6) is -0.135. The number of hydrogen-bond acceptors (Lipinski definition) is 5. The molecule has 0 spiro atoms. The van der Waals surface area contributed by atoms with Gasteiger partial charge in [-0.2, -0.15) is 0 Å². The van der Waals surface area contributed by atoms with E-state index in [4.69, 9.17) is 0 Å². The summed E-state index contributed by atoms with van der Waals surface area (Å²) in [5, 5.41) is 5.14. The van der Waals surface area contributed by atoms with Crippen LogP contribution in [0.5, 0.6) is 0 Å². The molecule has 3 rings (SSSR count). The maximum atomic E-state index is 12.7. The average molecular weight is 380 g/mol. The van der Waals surface area contributed by atoms with Crippen molar-refractivity contribution >= 4 is 27.3 Å². The molecule has 1 atom stereocenters. The van der Waals surface area contributed by atoms with Gasteiger partial charge in [0.05, 0.1) is 4.90 Å². The second-order valence-electron chi connectivity index (χ2n) is 5.98. The molecule has 2 heterocycles.